The van der Waals surface area contributed by atoms with Crippen LogP contribution in [0.1, 0.15) is 25.5 Å². The summed E-state index contributed by atoms with van der Waals surface area (Å²) in [5.41, 5.74) is 3.90. The summed E-state index contributed by atoms with van der Waals surface area (Å²) in [6.45, 7) is 5.44. The van der Waals surface area contributed by atoms with E-state index in [0.717, 1.165) is 17.1 Å². The van der Waals surface area contributed by atoms with Crippen molar-refractivity contribution in [1.82, 2.24) is 5.43 Å². The van der Waals surface area contributed by atoms with Crippen LogP contribution in [-0.4, -0.2) is 13.2 Å². The van der Waals surface area contributed by atoms with Gasteiger partial charge < -0.3 is 9.47 Å². The van der Waals surface area contributed by atoms with Crippen LogP contribution in [0, 0.1) is 5.92 Å². The lowest BCUT2D eigenvalue weighted by atomic mass is 9.95. The number of rotatable bonds is 3. The first-order valence-corrected chi connectivity index (χ1v) is 5.58. The van der Waals surface area contributed by atoms with Gasteiger partial charge in [0.05, 0.1) is 6.04 Å². The molecule has 1 aromatic rings. The maximum absolute atomic E-state index is 5.67. The fraction of sp³-hybridized carbons (Fsp3) is 0.500. The highest BCUT2D eigenvalue weighted by atomic mass is 16.6. The van der Waals surface area contributed by atoms with E-state index in [4.69, 9.17) is 15.3 Å². The van der Waals surface area contributed by atoms with Gasteiger partial charge >= 0.3 is 0 Å². The number of benzene rings is 1. The first kappa shape index (κ1) is 11.2. The van der Waals surface area contributed by atoms with E-state index in [2.05, 4.69) is 19.3 Å². The van der Waals surface area contributed by atoms with Gasteiger partial charge in [0.2, 0.25) is 0 Å². The molecule has 4 nitrogen and oxygen atoms in total. The van der Waals surface area contributed by atoms with E-state index in [1.54, 1.807) is 0 Å². The molecule has 1 heterocycles. The summed E-state index contributed by atoms with van der Waals surface area (Å²) in [6, 6.07) is 6.00. The van der Waals surface area contributed by atoms with Crippen molar-refractivity contribution in [3.63, 3.8) is 0 Å². The second-order valence-electron chi connectivity index (χ2n) is 4.26. The molecule has 0 saturated carbocycles. The number of para-hydroxylation sites is 1. The zero-order valence-corrected chi connectivity index (χ0v) is 9.69. The predicted molar refractivity (Wildman–Crippen MR) is 62.3 cm³/mol. The number of hydrogen-bond acceptors (Lipinski definition) is 4. The molecular formula is C12H18N2O2. The lowest BCUT2D eigenvalue weighted by Gasteiger charge is -2.26. The molecule has 0 bridgehead atoms. The zero-order valence-electron chi connectivity index (χ0n) is 9.69. The quantitative estimate of drug-likeness (QED) is 0.602. The maximum Gasteiger partial charge on any atom is 0.166 e. The molecule has 0 radical (unpaired) electrons. The van der Waals surface area contributed by atoms with Gasteiger partial charge in [0.25, 0.3) is 0 Å². The summed E-state index contributed by atoms with van der Waals surface area (Å²) in [7, 11) is 0. The molecule has 0 aromatic heterocycles. The molecule has 1 aliphatic heterocycles. The summed E-state index contributed by atoms with van der Waals surface area (Å²) < 4.78 is 11.2. The van der Waals surface area contributed by atoms with Crippen molar-refractivity contribution in [3.8, 4) is 11.5 Å². The van der Waals surface area contributed by atoms with Crippen LogP contribution in [0.4, 0.5) is 0 Å². The highest BCUT2D eigenvalue weighted by Gasteiger charge is 2.23. The van der Waals surface area contributed by atoms with Gasteiger partial charge in [-0.25, -0.2) is 0 Å². The molecule has 1 aromatic carbocycles. The van der Waals surface area contributed by atoms with Crippen molar-refractivity contribution in [3.05, 3.63) is 23.8 Å². The second kappa shape index (κ2) is 4.72. The van der Waals surface area contributed by atoms with Crippen LogP contribution in [0.2, 0.25) is 0 Å². The van der Waals surface area contributed by atoms with Crippen molar-refractivity contribution in [2.75, 3.05) is 13.2 Å². The smallest absolute Gasteiger partial charge is 0.166 e. The largest absolute Gasteiger partial charge is 0.486 e. The third-order valence-corrected chi connectivity index (χ3v) is 2.78. The molecule has 0 amide bonds. The number of nitrogens with two attached hydrogens (primary N) is 1. The first-order valence-electron chi connectivity index (χ1n) is 5.58. The highest BCUT2D eigenvalue weighted by molar-refractivity contribution is 5.49. The monoisotopic (exact) mass is 222 g/mol. The van der Waals surface area contributed by atoms with E-state index >= 15 is 0 Å². The Labute approximate surface area is 95.7 Å². The summed E-state index contributed by atoms with van der Waals surface area (Å²) in [4.78, 5) is 0. The van der Waals surface area contributed by atoms with Crippen molar-refractivity contribution < 1.29 is 9.47 Å². The molecular weight excluding hydrogens is 204 g/mol. The van der Waals surface area contributed by atoms with E-state index in [-0.39, 0.29) is 6.04 Å². The molecule has 88 valence electrons. The Morgan fingerprint density at radius 3 is 2.69 bits per heavy atom. The van der Waals surface area contributed by atoms with E-state index in [9.17, 15) is 0 Å². The molecule has 1 unspecified atom stereocenters. The van der Waals surface area contributed by atoms with E-state index in [0.29, 0.717) is 19.1 Å². The summed E-state index contributed by atoms with van der Waals surface area (Å²) in [5.74, 6) is 7.62. The van der Waals surface area contributed by atoms with Crippen LogP contribution < -0.4 is 20.7 Å². The average Bonchev–Trinajstić information content (AvgIpc) is 2.30. The summed E-state index contributed by atoms with van der Waals surface area (Å²) in [6.07, 6.45) is 0. The van der Waals surface area contributed by atoms with Gasteiger partial charge in [0.15, 0.2) is 11.5 Å². The topological polar surface area (TPSA) is 56.5 Å². The normalized spacial score (nSPS) is 16.2. The molecule has 1 atom stereocenters. The molecule has 0 spiro atoms. The van der Waals surface area contributed by atoms with Crippen molar-refractivity contribution >= 4 is 0 Å². The molecule has 1 aliphatic rings. The first-order chi connectivity index (χ1) is 7.74. The van der Waals surface area contributed by atoms with Gasteiger partial charge in [-0.15, -0.1) is 0 Å². The third kappa shape index (κ3) is 1.99. The van der Waals surface area contributed by atoms with Gasteiger partial charge in [-0.1, -0.05) is 26.0 Å². The van der Waals surface area contributed by atoms with Crippen LogP contribution >= 0.6 is 0 Å². The lowest BCUT2D eigenvalue weighted by Crippen LogP contribution is -2.32. The van der Waals surface area contributed by atoms with Gasteiger partial charge in [-0.05, 0) is 12.0 Å². The molecule has 2 rings (SSSR count). The summed E-state index contributed by atoms with van der Waals surface area (Å²) in [5, 5.41) is 0. The van der Waals surface area contributed by atoms with E-state index in [1.165, 1.54) is 0 Å². The van der Waals surface area contributed by atoms with Crippen LogP contribution in [0.15, 0.2) is 18.2 Å². The standard InChI is InChI=1S/C12H18N2O2/c1-8(2)11(14-13)9-4-3-5-10-12(9)16-7-6-15-10/h3-5,8,11,14H,6-7,13H2,1-2H3. The number of fused-ring (bicyclic) bond motifs is 1. The number of nitrogens with one attached hydrogen (secondary N) is 1. The Morgan fingerprint density at radius 1 is 1.25 bits per heavy atom. The Hall–Kier alpha value is -1.26. The minimum Gasteiger partial charge on any atom is -0.486 e. The highest BCUT2D eigenvalue weighted by Crippen LogP contribution is 2.38. The molecule has 0 saturated heterocycles. The van der Waals surface area contributed by atoms with E-state index < -0.39 is 0 Å². The Bertz CT molecular complexity index is 366. The Kier molecular flexibility index (Phi) is 3.31. The minimum absolute atomic E-state index is 0.0802. The predicted octanol–water partition coefficient (Wildman–Crippen LogP) is 1.62. The lowest BCUT2D eigenvalue weighted by molar-refractivity contribution is 0.167. The van der Waals surface area contributed by atoms with Crippen LogP contribution in [-0.2, 0) is 0 Å². The Balaban J connectivity index is 2.39. The van der Waals surface area contributed by atoms with Gasteiger partial charge in [-0.3, -0.25) is 11.3 Å². The van der Waals surface area contributed by atoms with Crippen molar-refractivity contribution in [1.29, 1.82) is 0 Å². The van der Waals surface area contributed by atoms with Crippen LogP contribution in [0.5, 0.6) is 11.5 Å². The molecule has 3 N–H and O–H groups in total. The SMILES string of the molecule is CC(C)C(NN)c1cccc2c1OCCO2. The number of ether oxygens (including phenoxy) is 2. The van der Waals surface area contributed by atoms with Crippen molar-refractivity contribution in [2.24, 2.45) is 11.8 Å². The third-order valence-electron chi connectivity index (χ3n) is 2.78. The minimum atomic E-state index is 0.0802. The van der Waals surface area contributed by atoms with Crippen LogP contribution in [0.25, 0.3) is 0 Å². The zero-order chi connectivity index (χ0) is 11.5. The van der Waals surface area contributed by atoms with Crippen LogP contribution in [0.3, 0.4) is 0 Å². The number of hydrazine groups is 1. The Morgan fingerprint density at radius 2 is 2.00 bits per heavy atom. The molecule has 16 heavy (non-hydrogen) atoms. The molecule has 0 fully saturated rings. The van der Waals surface area contributed by atoms with Crippen molar-refractivity contribution in [2.45, 2.75) is 19.9 Å². The second-order valence-corrected chi connectivity index (χ2v) is 4.26. The van der Waals surface area contributed by atoms with E-state index in [1.807, 2.05) is 18.2 Å². The summed E-state index contributed by atoms with van der Waals surface area (Å²) >= 11 is 0. The fourth-order valence-corrected chi connectivity index (χ4v) is 1.98. The average molecular weight is 222 g/mol. The fourth-order valence-electron chi connectivity index (χ4n) is 1.98. The molecule has 0 aliphatic carbocycles. The number of hydrogen-bond donors (Lipinski definition) is 2. The van der Waals surface area contributed by atoms with Gasteiger partial charge in [-0.2, -0.15) is 0 Å². The molecule has 4 heteroatoms. The van der Waals surface area contributed by atoms with Gasteiger partial charge in [0.1, 0.15) is 13.2 Å². The van der Waals surface area contributed by atoms with Gasteiger partial charge in [0, 0.05) is 5.56 Å². The maximum atomic E-state index is 5.67.